The molecule has 0 aromatic heterocycles. The van der Waals surface area contributed by atoms with E-state index in [-0.39, 0.29) is 17.9 Å². The van der Waals surface area contributed by atoms with Crippen molar-refractivity contribution in [1.82, 2.24) is 0 Å². The topological polar surface area (TPSA) is 61.8 Å². The zero-order valence-corrected chi connectivity index (χ0v) is 25.0. The quantitative estimate of drug-likeness (QED) is 0.0623. The van der Waals surface area contributed by atoms with Crippen LogP contribution in [0.5, 0.6) is 0 Å². The standard InChI is InChI=1S/C35H52O5/c1-4-30(3)29-39-34(37)35(25-23-32(24-26-35)31-21-17-16-18-22-31)40-28-20-15-13-11-9-7-6-8-10-12-14-19-27-38-33(36)5-2/h5,16-18,21-26,30,32H,2,4,6-15,19-20,27-29H2,1,3H3. The summed E-state index contributed by atoms with van der Waals surface area (Å²) >= 11 is 0. The molecule has 0 spiro atoms. The van der Waals surface area contributed by atoms with Gasteiger partial charge in [0.05, 0.1) is 13.2 Å². The number of benzene rings is 1. The molecule has 0 aliphatic heterocycles. The first-order chi connectivity index (χ1) is 19.5. The van der Waals surface area contributed by atoms with Crippen LogP contribution in [0.3, 0.4) is 0 Å². The SMILES string of the molecule is C=CC(=O)OCCCCCCCCCCCCCCOC1(C(=O)OCC(C)CC)C=CC(c2ccccc2)C=C1. The fourth-order valence-electron chi connectivity index (χ4n) is 4.69. The largest absolute Gasteiger partial charge is 0.463 e. The highest BCUT2D eigenvalue weighted by molar-refractivity contribution is 5.85. The molecule has 5 nitrogen and oxygen atoms in total. The van der Waals surface area contributed by atoms with Crippen molar-refractivity contribution in [3.63, 3.8) is 0 Å². The van der Waals surface area contributed by atoms with E-state index in [9.17, 15) is 9.59 Å². The minimum atomic E-state index is -1.13. The summed E-state index contributed by atoms with van der Waals surface area (Å²) in [6.45, 7) is 9.04. The lowest BCUT2D eigenvalue weighted by Crippen LogP contribution is -2.41. The van der Waals surface area contributed by atoms with E-state index in [1.165, 1.54) is 63.0 Å². The Bertz CT molecular complexity index is 890. The maximum Gasteiger partial charge on any atom is 0.346 e. The second-order valence-corrected chi connectivity index (χ2v) is 11.0. The molecular formula is C35H52O5. The summed E-state index contributed by atoms with van der Waals surface area (Å²) in [7, 11) is 0. The third-order valence-corrected chi connectivity index (χ3v) is 7.59. The van der Waals surface area contributed by atoms with Crippen LogP contribution in [0, 0.1) is 5.92 Å². The zero-order valence-electron chi connectivity index (χ0n) is 25.0. The summed E-state index contributed by atoms with van der Waals surface area (Å²) < 4.78 is 16.9. The molecule has 1 aromatic carbocycles. The first kappa shape index (κ1) is 33.5. The van der Waals surface area contributed by atoms with Gasteiger partial charge in [-0.05, 0) is 36.5 Å². The van der Waals surface area contributed by atoms with Gasteiger partial charge in [-0.25, -0.2) is 9.59 Å². The average Bonchev–Trinajstić information content (AvgIpc) is 2.99. The van der Waals surface area contributed by atoms with Gasteiger partial charge in [0.15, 0.2) is 0 Å². The van der Waals surface area contributed by atoms with Crippen LogP contribution in [-0.2, 0) is 23.8 Å². The predicted octanol–water partition coefficient (Wildman–Crippen LogP) is 8.65. The molecular weight excluding hydrogens is 500 g/mol. The summed E-state index contributed by atoms with van der Waals surface area (Å²) in [5.74, 6) is -0.184. The van der Waals surface area contributed by atoms with Crippen molar-refractivity contribution >= 4 is 11.9 Å². The Morgan fingerprint density at radius 2 is 1.35 bits per heavy atom. The van der Waals surface area contributed by atoms with E-state index in [0.717, 1.165) is 32.1 Å². The van der Waals surface area contributed by atoms with Gasteiger partial charge in [0.25, 0.3) is 0 Å². The number of esters is 2. The van der Waals surface area contributed by atoms with Gasteiger partial charge in [-0.2, -0.15) is 0 Å². The number of allylic oxidation sites excluding steroid dienone is 2. The number of carbonyl (C=O) groups is 2. The van der Waals surface area contributed by atoms with E-state index in [2.05, 4.69) is 44.7 Å². The van der Waals surface area contributed by atoms with Crippen LogP contribution in [0.15, 0.2) is 67.3 Å². The highest BCUT2D eigenvalue weighted by atomic mass is 16.6. The third-order valence-electron chi connectivity index (χ3n) is 7.59. The molecule has 1 aliphatic rings. The van der Waals surface area contributed by atoms with E-state index >= 15 is 0 Å². The monoisotopic (exact) mass is 552 g/mol. The van der Waals surface area contributed by atoms with E-state index in [1.807, 2.05) is 30.4 Å². The molecule has 1 aliphatic carbocycles. The van der Waals surface area contributed by atoms with Gasteiger partial charge in [-0.1, -0.05) is 134 Å². The van der Waals surface area contributed by atoms with E-state index in [4.69, 9.17) is 14.2 Å². The van der Waals surface area contributed by atoms with Crippen molar-refractivity contribution in [3.8, 4) is 0 Å². The molecule has 0 bridgehead atoms. The molecule has 0 radical (unpaired) electrons. The molecule has 0 saturated heterocycles. The van der Waals surface area contributed by atoms with Crippen LogP contribution >= 0.6 is 0 Å². The van der Waals surface area contributed by atoms with Crippen molar-refractivity contribution in [2.75, 3.05) is 19.8 Å². The fourth-order valence-corrected chi connectivity index (χ4v) is 4.69. The predicted molar refractivity (Wildman–Crippen MR) is 163 cm³/mol. The molecule has 1 unspecified atom stereocenters. The van der Waals surface area contributed by atoms with Gasteiger partial charge >= 0.3 is 11.9 Å². The highest BCUT2D eigenvalue weighted by Gasteiger charge is 2.38. The number of ether oxygens (including phenoxy) is 3. The fraction of sp³-hybridized carbons (Fsp3) is 0.600. The van der Waals surface area contributed by atoms with E-state index in [1.54, 1.807) is 0 Å². The molecule has 1 aromatic rings. The minimum absolute atomic E-state index is 0.134. The van der Waals surface area contributed by atoms with Gasteiger partial charge in [-0.15, -0.1) is 0 Å². The number of hydrogen-bond acceptors (Lipinski definition) is 5. The van der Waals surface area contributed by atoms with Gasteiger partial charge < -0.3 is 14.2 Å². The molecule has 2 rings (SSSR count). The Balaban J connectivity index is 1.60. The Morgan fingerprint density at radius 3 is 1.88 bits per heavy atom. The van der Waals surface area contributed by atoms with Gasteiger partial charge in [0.1, 0.15) is 0 Å². The molecule has 40 heavy (non-hydrogen) atoms. The third kappa shape index (κ3) is 13.1. The number of rotatable bonds is 22. The highest BCUT2D eigenvalue weighted by Crippen LogP contribution is 2.30. The van der Waals surface area contributed by atoms with Crippen LogP contribution in [0.2, 0.25) is 0 Å². The maximum absolute atomic E-state index is 13.1. The molecule has 0 fully saturated rings. The number of carbonyl (C=O) groups excluding carboxylic acids is 2. The van der Waals surface area contributed by atoms with Crippen LogP contribution in [-0.4, -0.2) is 37.4 Å². The van der Waals surface area contributed by atoms with Crippen molar-refractivity contribution in [2.45, 2.75) is 109 Å². The second-order valence-electron chi connectivity index (χ2n) is 11.0. The molecule has 0 saturated carbocycles. The number of unbranched alkanes of at least 4 members (excludes halogenated alkanes) is 11. The molecule has 5 heteroatoms. The second kappa shape index (κ2) is 20.3. The van der Waals surface area contributed by atoms with Crippen molar-refractivity contribution in [3.05, 3.63) is 72.9 Å². The Kier molecular flexibility index (Phi) is 17.0. The first-order valence-electron chi connectivity index (χ1n) is 15.5. The van der Waals surface area contributed by atoms with Crippen molar-refractivity contribution < 1.29 is 23.8 Å². The molecule has 0 heterocycles. The van der Waals surface area contributed by atoms with Crippen LogP contribution < -0.4 is 0 Å². The zero-order chi connectivity index (χ0) is 28.9. The van der Waals surface area contributed by atoms with Crippen molar-refractivity contribution in [1.29, 1.82) is 0 Å². The van der Waals surface area contributed by atoms with Crippen LogP contribution in [0.1, 0.15) is 109 Å². The lowest BCUT2D eigenvalue weighted by atomic mass is 9.88. The Labute approximate surface area is 243 Å². The maximum atomic E-state index is 13.1. The lowest BCUT2D eigenvalue weighted by molar-refractivity contribution is -0.162. The Morgan fingerprint density at radius 1 is 0.825 bits per heavy atom. The van der Waals surface area contributed by atoms with E-state index in [0.29, 0.717) is 25.7 Å². The lowest BCUT2D eigenvalue weighted by Gasteiger charge is -2.30. The van der Waals surface area contributed by atoms with Gasteiger partial charge in [-0.3, -0.25) is 0 Å². The number of hydrogen-bond donors (Lipinski definition) is 0. The van der Waals surface area contributed by atoms with Gasteiger partial charge in [0, 0.05) is 18.6 Å². The first-order valence-corrected chi connectivity index (χ1v) is 15.5. The normalized spacial score (nSPS) is 18.8. The summed E-state index contributed by atoms with van der Waals surface area (Å²) in [6.07, 6.45) is 24.2. The molecule has 222 valence electrons. The molecule has 0 N–H and O–H groups in total. The summed E-state index contributed by atoms with van der Waals surface area (Å²) in [4.78, 5) is 24.1. The molecule has 0 amide bonds. The van der Waals surface area contributed by atoms with Crippen molar-refractivity contribution in [2.24, 2.45) is 5.92 Å². The molecule has 1 atom stereocenters. The smallest absolute Gasteiger partial charge is 0.346 e. The summed E-state index contributed by atoms with van der Waals surface area (Å²) in [6, 6.07) is 10.3. The van der Waals surface area contributed by atoms with Gasteiger partial charge in [0.2, 0.25) is 5.60 Å². The average molecular weight is 553 g/mol. The van der Waals surface area contributed by atoms with Crippen LogP contribution in [0.4, 0.5) is 0 Å². The van der Waals surface area contributed by atoms with E-state index < -0.39 is 5.60 Å². The Hall–Kier alpha value is -2.66. The summed E-state index contributed by atoms with van der Waals surface area (Å²) in [5, 5.41) is 0. The van der Waals surface area contributed by atoms with Crippen LogP contribution in [0.25, 0.3) is 0 Å². The minimum Gasteiger partial charge on any atom is -0.463 e. The summed E-state index contributed by atoms with van der Waals surface area (Å²) in [5.41, 5.74) is 0.0646.